The number of nitrogens with one attached hydrogen (secondary N) is 1. The van der Waals surface area contributed by atoms with Gasteiger partial charge in [0.25, 0.3) is 5.56 Å². The number of amides is 1. The normalized spacial score (nSPS) is 26.3. The van der Waals surface area contributed by atoms with Crippen LogP contribution in [0.25, 0.3) is 5.69 Å². The number of aliphatic carboxylic acids is 1. The Morgan fingerprint density at radius 1 is 1.11 bits per heavy atom. The number of hydrogen-bond donors (Lipinski definition) is 1. The number of anilines is 1. The van der Waals surface area contributed by atoms with Crippen molar-refractivity contribution >= 4 is 17.6 Å². The van der Waals surface area contributed by atoms with Gasteiger partial charge in [0, 0.05) is 24.9 Å². The second kappa shape index (κ2) is 6.40. The minimum absolute atomic E-state index is 0.00796. The number of nitrogens with zero attached hydrogens (tertiary/aromatic N) is 2. The van der Waals surface area contributed by atoms with Gasteiger partial charge in [-0.15, -0.1) is 0 Å². The van der Waals surface area contributed by atoms with Gasteiger partial charge in [0.15, 0.2) is 0 Å². The summed E-state index contributed by atoms with van der Waals surface area (Å²) < 4.78 is 3.17. The molecule has 0 unspecified atom stereocenters. The van der Waals surface area contributed by atoms with Crippen molar-refractivity contribution in [2.75, 3.05) is 5.32 Å². The highest BCUT2D eigenvalue weighted by Crippen LogP contribution is 2.52. The molecule has 7 nitrogen and oxygen atoms in total. The molecule has 27 heavy (non-hydrogen) atoms. The molecule has 1 heterocycles. The molecule has 1 aromatic carbocycles. The van der Waals surface area contributed by atoms with Crippen LogP contribution in [0.3, 0.4) is 0 Å². The molecule has 1 amide bonds. The van der Waals surface area contributed by atoms with Crippen molar-refractivity contribution in [3.8, 4) is 5.69 Å². The summed E-state index contributed by atoms with van der Waals surface area (Å²) in [6.45, 7) is 1.76. The summed E-state index contributed by atoms with van der Waals surface area (Å²) in [5, 5.41) is 14.3. The molecule has 1 aromatic heterocycles. The first kappa shape index (κ1) is 17.6. The maximum Gasteiger partial charge on any atom is 0.295 e. The Kier molecular flexibility index (Phi) is 4.17. The summed E-state index contributed by atoms with van der Waals surface area (Å²) in [5.74, 6) is -2.87. The van der Waals surface area contributed by atoms with Gasteiger partial charge in [-0.25, -0.2) is 4.68 Å². The quantitative estimate of drug-likeness (QED) is 0.865. The van der Waals surface area contributed by atoms with Crippen molar-refractivity contribution in [3.05, 3.63) is 46.4 Å². The molecule has 0 saturated heterocycles. The zero-order valence-corrected chi connectivity index (χ0v) is 15.3. The van der Waals surface area contributed by atoms with E-state index in [1.165, 1.54) is 4.68 Å². The minimum atomic E-state index is -1.16. The minimum Gasteiger partial charge on any atom is -0.550 e. The Hall–Kier alpha value is -2.83. The molecule has 2 fully saturated rings. The second-order valence-corrected chi connectivity index (χ2v) is 7.63. The van der Waals surface area contributed by atoms with E-state index in [2.05, 4.69) is 5.32 Å². The lowest BCUT2D eigenvalue weighted by molar-refractivity contribution is -0.314. The van der Waals surface area contributed by atoms with Crippen molar-refractivity contribution in [2.45, 2.75) is 26.2 Å². The molecular formula is C20H22N3O4-. The molecule has 4 atom stereocenters. The summed E-state index contributed by atoms with van der Waals surface area (Å²) in [5.41, 5.74) is 1.18. The second-order valence-electron chi connectivity index (χ2n) is 7.63. The van der Waals surface area contributed by atoms with Crippen LogP contribution in [0.5, 0.6) is 0 Å². The fourth-order valence-electron chi connectivity index (χ4n) is 4.93. The number of para-hydroxylation sites is 1. The van der Waals surface area contributed by atoms with Crippen LogP contribution in [0.4, 0.5) is 5.69 Å². The molecule has 2 bridgehead atoms. The summed E-state index contributed by atoms with van der Waals surface area (Å²) in [6.07, 6.45) is 2.44. The molecule has 0 aliphatic heterocycles. The van der Waals surface area contributed by atoms with Gasteiger partial charge in [-0.2, -0.15) is 0 Å². The van der Waals surface area contributed by atoms with Gasteiger partial charge >= 0.3 is 0 Å². The molecule has 7 heteroatoms. The lowest BCUT2D eigenvalue weighted by atomic mass is 9.78. The molecule has 1 N–H and O–H groups in total. The fraction of sp³-hybridized carbons (Fsp3) is 0.450. The predicted octanol–water partition coefficient (Wildman–Crippen LogP) is 0.835. The third kappa shape index (κ3) is 2.69. The molecule has 4 rings (SSSR count). The van der Waals surface area contributed by atoms with Crippen molar-refractivity contribution < 1.29 is 14.7 Å². The van der Waals surface area contributed by atoms with Crippen LogP contribution in [0.1, 0.15) is 25.0 Å². The Labute approximate surface area is 156 Å². The van der Waals surface area contributed by atoms with Crippen molar-refractivity contribution in [2.24, 2.45) is 30.7 Å². The Morgan fingerprint density at radius 3 is 2.37 bits per heavy atom. The van der Waals surface area contributed by atoms with Gasteiger partial charge in [0.05, 0.1) is 11.4 Å². The summed E-state index contributed by atoms with van der Waals surface area (Å²) in [7, 11) is 1.75. The first-order chi connectivity index (χ1) is 12.9. The smallest absolute Gasteiger partial charge is 0.295 e. The van der Waals surface area contributed by atoms with E-state index in [4.69, 9.17) is 0 Å². The highest BCUT2D eigenvalue weighted by molar-refractivity contribution is 5.96. The van der Waals surface area contributed by atoms with Crippen molar-refractivity contribution in [1.82, 2.24) is 9.36 Å². The van der Waals surface area contributed by atoms with Crippen LogP contribution in [-0.4, -0.2) is 21.2 Å². The van der Waals surface area contributed by atoms with E-state index in [-0.39, 0.29) is 29.0 Å². The number of carbonyl (C=O) groups is 2. The maximum absolute atomic E-state index is 12.9. The van der Waals surface area contributed by atoms with Crippen LogP contribution in [0.2, 0.25) is 0 Å². The van der Waals surface area contributed by atoms with Crippen LogP contribution in [0.15, 0.2) is 35.1 Å². The number of carboxylic acids is 1. The van der Waals surface area contributed by atoms with Gasteiger partial charge in [-0.05, 0) is 50.2 Å². The Balaban J connectivity index is 1.67. The summed E-state index contributed by atoms with van der Waals surface area (Å²) >= 11 is 0. The zero-order chi connectivity index (χ0) is 19.3. The van der Waals surface area contributed by atoms with Crippen LogP contribution < -0.4 is 16.0 Å². The number of carboxylic acid groups (broad SMARTS) is 1. The molecular weight excluding hydrogens is 346 g/mol. The first-order valence-electron chi connectivity index (χ1n) is 9.26. The van der Waals surface area contributed by atoms with Crippen LogP contribution in [0, 0.1) is 30.6 Å². The number of aromatic nitrogens is 2. The standard InChI is InChI=1S/C20H23N3O4/c1-11-17(19(25)23(22(11)2)14-6-4-3-5-7-14)21-18(24)15-12-8-9-13(10-12)16(15)20(26)27/h3-7,12-13,15-16H,8-10H2,1-2H3,(H,21,24)(H,26,27)/p-1/t12-,13-,15+,16-/m0/s1. The third-order valence-corrected chi connectivity index (χ3v) is 6.29. The number of hydrogen-bond acceptors (Lipinski definition) is 4. The number of benzene rings is 1. The SMILES string of the molecule is Cc1c(NC(=O)[C@@H]2[C@H]3CC[C@@H](C3)[C@@H]2C(=O)[O-])c(=O)n(-c2ccccc2)n1C. The first-order valence-corrected chi connectivity index (χ1v) is 9.26. The average Bonchev–Trinajstić information content (AvgIpc) is 3.32. The van der Waals surface area contributed by atoms with Crippen molar-refractivity contribution in [1.29, 1.82) is 0 Å². The van der Waals surface area contributed by atoms with E-state index in [1.54, 1.807) is 18.7 Å². The average molecular weight is 368 g/mol. The molecule has 2 aliphatic carbocycles. The molecule has 2 aliphatic rings. The van der Waals surface area contributed by atoms with E-state index >= 15 is 0 Å². The highest BCUT2D eigenvalue weighted by atomic mass is 16.4. The number of rotatable bonds is 4. The van der Waals surface area contributed by atoms with Gasteiger partial charge in [0.2, 0.25) is 5.91 Å². The monoisotopic (exact) mass is 368 g/mol. The van der Waals surface area contributed by atoms with Crippen LogP contribution in [-0.2, 0) is 16.6 Å². The number of fused-ring (bicyclic) bond motifs is 2. The van der Waals surface area contributed by atoms with E-state index in [1.807, 2.05) is 30.3 Å². The molecule has 0 spiro atoms. The topological polar surface area (TPSA) is 96.2 Å². The molecule has 2 saturated carbocycles. The Morgan fingerprint density at radius 2 is 1.74 bits per heavy atom. The molecule has 0 radical (unpaired) electrons. The van der Waals surface area contributed by atoms with E-state index < -0.39 is 17.8 Å². The third-order valence-electron chi connectivity index (χ3n) is 6.29. The van der Waals surface area contributed by atoms with Crippen LogP contribution >= 0.6 is 0 Å². The lowest BCUT2D eigenvalue weighted by Crippen LogP contribution is -2.44. The highest BCUT2D eigenvalue weighted by Gasteiger charge is 2.51. The van der Waals surface area contributed by atoms with Gasteiger partial charge in [0.1, 0.15) is 5.69 Å². The van der Waals surface area contributed by atoms with Gasteiger partial charge in [-0.3, -0.25) is 14.3 Å². The van der Waals surface area contributed by atoms with Gasteiger partial charge < -0.3 is 15.2 Å². The van der Waals surface area contributed by atoms with E-state index in [0.29, 0.717) is 11.4 Å². The molecule has 2 aromatic rings. The van der Waals surface area contributed by atoms with E-state index in [9.17, 15) is 19.5 Å². The zero-order valence-electron chi connectivity index (χ0n) is 15.3. The van der Waals surface area contributed by atoms with Gasteiger partial charge in [-0.1, -0.05) is 18.2 Å². The lowest BCUT2D eigenvalue weighted by Gasteiger charge is -2.30. The molecule has 142 valence electrons. The van der Waals surface area contributed by atoms with E-state index in [0.717, 1.165) is 19.3 Å². The van der Waals surface area contributed by atoms with Crippen molar-refractivity contribution in [3.63, 3.8) is 0 Å². The Bertz CT molecular complexity index is 960. The largest absolute Gasteiger partial charge is 0.550 e. The fourth-order valence-corrected chi connectivity index (χ4v) is 4.93. The predicted molar refractivity (Wildman–Crippen MR) is 97.2 cm³/mol. The summed E-state index contributed by atoms with van der Waals surface area (Å²) in [6, 6.07) is 9.16. The maximum atomic E-state index is 12.9. The summed E-state index contributed by atoms with van der Waals surface area (Å²) in [4.78, 5) is 37.4. The number of carbonyl (C=O) groups excluding carboxylic acids is 2.